The molecule has 0 saturated heterocycles. The molecule has 61 valence electrons. The number of azide groups is 1. The van der Waals surface area contributed by atoms with Gasteiger partial charge in [0.2, 0.25) is 0 Å². The lowest BCUT2D eigenvalue weighted by atomic mass is 10.1. The molecule has 0 spiro atoms. The van der Waals surface area contributed by atoms with Crippen LogP contribution in [0.4, 0.5) is 5.69 Å². The lowest BCUT2D eigenvalue weighted by Gasteiger charge is -1.96. The quantitative estimate of drug-likeness (QED) is 0.355. The maximum Gasteiger partial charge on any atom is 0.0460 e. The summed E-state index contributed by atoms with van der Waals surface area (Å²) in [5, 5.41) is 5.54. The molecule has 2 aromatic carbocycles. The SMILES string of the molecule is [N-]=[N+]=Nc1[c]c2ccccc2cc1. The molecule has 13 heavy (non-hydrogen) atoms. The van der Waals surface area contributed by atoms with Crippen molar-refractivity contribution in [3.63, 3.8) is 0 Å². The first-order valence-corrected chi connectivity index (χ1v) is 3.86. The van der Waals surface area contributed by atoms with Crippen molar-refractivity contribution in [3.8, 4) is 0 Å². The molecule has 0 aromatic heterocycles. The molecule has 3 heteroatoms. The van der Waals surface area contributed by atoms with E-state index in [1.54, 1.807) is 6.07 Å². The van der Waals surface area contributed by atoms with Crippen LogP contribution in [-0.4, -0.2) is 0 Å². The van der Waals surface area contributed by atoms with E-state index in [-0.39, 0.29) is 0 Å². The van der Waals surface area contributed by atoms with Gasteiger partial charge in [0.25, 0.3) is 0 Å². The summed E-state index contributed by atoms with van der Waals surface area (Å²) in [5.41, 5.74) is 8.76. The summed E-state index contributed by atoms with van der Waals surface area (Å²) in [4.78, 5) is 2.71. The number of nitrogens with zero attached hydrogens (tertiary/aromatic N) is 3. The summed E-state index contributed by atoms with van der Waals surface area (Å²) in [6.45, 7) is 0. The Kier molecular flexibility index (Phi) is 1.87. The van der Waals surface area contributed by atoms with Crippen LogP contribution >= 0.6 is 0 Å². The highest BCUT2D eigenvalue weighted by Crippen LogP contribution is 2.19. The molecule has 2 aromatic rings. The lowest BCUT2D eigenvalue weighted by molar-refractivity contribution is 1.49. The van der Waals surface area contributed by atoms with Crippen molar-refractivity contribution >= 4 is 16.5 Å². The molecule has 3 nitrogen and oxygen atoms in total. The van der Waals surface area contributed by atoms with Gasteiger partial charge in [-0.2, -0.15) is 0 Å². The van der Waals surface area contributed by atoms with Gasteiger partial charge in [0.05, 0.1) is 0 Å². The second-order valence-corrected chi connectivity index (χ2v) is 2.62. The molecule has 2 rings (SSSR count). The largest absolute Gasteiger partial charge is 0.0616 e. The van der Waals surface area contributed by atoms with Gasteiger partial charge in [-0.3, -0.25) is 0 Å². The molecular formula is C10H6N3. The Morgan fingerprint density at radius 3 is 2.85 bits per heavy atom. The molecule has 0 atom stereocenters. The summed E-state index contributed by atoms with van der Waals surface area (Å²) < 4.78 is 0. The highest BCUT2D eigenvalue weighted by Gasteiger charge is 1.93. The second kappa shape index (κ2) is 3.17. The first-order valence-electron chi connectivity index (χ1n) is 3.86. The minimum Gasteiger partial charge on any atom is -0.0616 e. The monoisotopic (exact) mass is 168 g/mol. The van der Waals surface area contributed by atoms with Crippen LogP contribution in [0.5, 0.6) is 0 Å². The van der Waals surface area contributed by atoms with Crippen molar-refractivity contribution in [2.45, 2.75) is 0 Å². The van der Waals surface area contributed by atoms with E-state index in [0.717, 1.165) is 10.8 Å². The van der Waals surface area contributed by atoms with E-state index in [9.17, 15) is 0 Å². The maximum absolute atomic E-state index is 8.23. The summed E-state index contributed by atoms with van der Waals surface area (Å²) in [6, 6.07) is 14.5. The van der Waals surface area contributed by atoms with Gasteiger partial charge in [-0.25, -0.2) is 0 Å². The van der Waals surface area contributed by atoms with Crippen molar-refractivity contribution < 1.29 is 0 Å². The van der Waals surface area contributed by atoms with E-state index >= 15 is 0 Å². The van der Waals surface area contributed by atoms with Crippen LogP contribution in [0.15, 0.2) is 41.5 Å². The smallest absolute Gasteiger partial charge is 0.0460 e. The van der Waals surface area contributed by atoms with Crippen LogP contribution in [0.1, 0.15) is 0 Å². The normalized spacial score (nSPS) is 9.54. The van der Waals surface area contributed by atoms with Gasteiger partial charge in [0, 0.05) is 16.7 Å². The Morgan fingerprint density at radius 2 is 2.00 bits per heavy atom. The number of hydrogen-bond donors (Lipinski definition) is 0. The molecule has 0 unspecified atom stereocenters. The van der Waals surface area contributed by atoms with Crippen molar-refractivity contribution in [1.29, 1.82) is 0 Å². The van der Waals surface area contributed by atoms with Crippen LogP contribution in [0.25, 0.3) is 21.2 Å². The van der Waals surface area contributed by atoms with Gasteiger partial charge < -0.3 is 0 Å². The summed E-state index contributed by atoms with van der Waals surface area (Å²) >= 11 is 0. The Morgan fingerprint density at radius 1 is 1.15 bits per heavy atom. The van der Waals surface area contributed by atoms with E-state index in [1.807, 2.05) is 30.3 Å². The predicted octanol–water partition coefficient (Wildman–Crippen LogP) is 3.58. The predicted molar refractivity (Wildman–Crippen MR) is 51.6 cm³/mol. The molecule has 0 aliphatic heterocycles. The second-order valence-electron chi connectivity index (χ2n) is 2.62. The van der Waals surface area contributed by atoms with Crippen molar-refractivity contribution in [2.24, 2.45) is 5.11 Å². The number of rotatable bonds is 1. The summed E-state index contributed by atoms with van der Waals surface area (Å²) in [6.07, 6.45) is 0. The fraction of sp³-hybridized carbons (Fsp3) is 0. The van der Waals surface area contributed by atoms with Crippen LogP contribution in [-0.2, 0) is 0 Å². The third-order valence-corrected chi connectivity index (χ3v) is 1.80. The van der Waals surface area contributed by atoms with Gasteiger partial charge in [-0.1, -0.05) is 41.5 Å². The first-order chi connectivity index (χ1) is 6.40. The molecule has 1 radical (unpaired) electrons. The molecule has 0 amide bonds. The zero-order valence-electron chi connectivity index (χ0n) is 6.81. The maximum atomic E-state index is 8.23. The van der Waals surface area contributed by atoms with E-state index < -0.39 is 0 Å². The van der Waals surface area contributed by atoms with Gasteiger partial charge in [0.1, 0.15) is 0 Å². The number of fused-ring (bicyclic) bond motifs is 1. The van der Waals surface area contributed by atoms with Crippen molar-refractivity contribution in [1.82, 2.24) is 0 Å². The van der Waals surface area contributed by atoms with Gasteiger partial charge in [-0.15, -0.1) is 0 Å². The zero-order chi connectivity index (χ0) is 9.10. The molecule has 0 saturated carbocycles. The van der Waals surface area contributed by atoms with E-state index in [1.165, 1.54) is 0 Å². The Labute approximate surface area is 75.2 Å². The Balaban J connectivity index is 2.68. The van der Waals surface area contributed by atoms with Crippen LogP contribution < -0.4 is 0 Å². The van der Waals surface area contributed by atoms with Crippen molar-refractivity contribution in [2.75, 3.05) is 0 Å². The third kappa shape index (κ3) is 1.45. The zero-order valence-corrected chi connectivity index (χ0v) is 6.81. The number of hydrogen-bond acceptors (Lipinski definition) is 1. The molecule has 0 aliphatic rings. The minimum absolute atomic E-state index is 0.529. The van der Waals surface area contributed by atoms with Gasteiger partial charge in [-0.05, 0) is 16.3 Å². The van der Waals surface area contributed by atoms with E-state index in [4.69, 9.17) is 5.53 Å². The minimum atomic E-state index is 0.529. The molecule has 0 heterocycles. The molecule has 0 N–H and O–H groups in total. The number of benzene rings is 2. The van der Waals surface area contributed by atoms with E-state index in [0.29, 0.717) is 5.69 Å². The first kappa shape index (κ1) is 7.65. The van der Waals surface area contributed by atoms with Crippen LogP contribution in [0.3, 0.4) is 0 Å². The van der Waals surface area contributed by atoms with Crippen LogP contribution in [0.2, 0.25) is 0 Å². The molecular weight excluding hydrogens is 162 g/mol. The average molecular weight is 168 g/mol. The Hall–Kier alpha value is -1.99. The molecule has 0 fully saturated rings. The average Bonchev–Trinajstić information content (AvgIpc) is 2.18. The fourth-order valence-corrected chi connectivity index (χ4v) is 1.21. The van der Waals surface area contributed by atoms with Crippen molar-refractivity contribution in [3.05, 3.63) is 52.9 Å². The van der Waals surface area contributed by atoms with Crippen LogP contribution in [0, 0.1) is 6.07 Å². The van der Waals surface area contributed by atoms with Gasteiger partial charge >= 0.3 is 0 Å². The fourth-order valence-electron chi connectivity index (χ4n) is 1.21. The standard InChI is InChI=1S/C10H6N3/c11-13-12-10-6-5-8-3-1-2-4-9(8)7-10/h1-6H. The molecule has 0 bridgehead atoms. The highest BCUT2D eigenvalue weighted by molar-refractivity contribution is 5.84. The lowest BCUT2D eigenvalue weighted by Crippen LogP contribution is -1.70. The topological polar surface area (TPSA) is 48.8 Å². The summed E-state index contributed by atoms with van der Waals surface area (Å²) in [5.74, 6) is 0. The van der Waals surface area contributed by atoms with Gasteiger partial charge in [0.15, 0.2) is 0 Å². The summed E-state index contributed by atoms with van der Waals surface area (Å²) in [7, 11) is 0. The third-order valence-electron chi connectivity index (χ3n) is 1.80. The highest BCUT2D eigenvalue weighted by atomic mass is 15.1. The Bertz CT molecular complexity index is 484. The van der Waals surface area contributed by atoms with E-state index in [2.05, 4.69) is 16.1 Å². The molecule has 0 aliphatic carbocycles.